The Labute approximate surface area is 589 Å². The van der Waals surface area contributed by atoms with Crippen molar-refractivity contribution in [3.63, 3.8) is 0 Å². The Morgan fingerprint density at radius 1 is 0.404 bits per heavy atom. The highest BCUT2D eigenvalue weighted by Gasteiger charge is 2.25. The Balaban J connectivity index is 1.37. The van der Waals surface area contributed by atoms with Crippen LogP contribution in [0.25, 0.3) is 21.8 Å². The third-order valence-corrected chi connectivity index (χ3v) is 17.1. The van der Waals surface area contributed by atoms with Gasteiger partial charge in [0.15, 0.2) is 5.11 Å². The number of unbranched alkanes of at least 4 members (excludes halogenated alkanes) is 3. The first-order valence-corrected chi connectivity index (χ1v) is 35.8. The zero-order valence-corrected chi connectivity index (χ0v) is 60.1. The molecule has 0 fully saturated rings. The van der Waals surface area contributed by atoms with Gasteiger partial charge in [0, 0.05) is 117 Å². The van der Waals surface area contributed by atoms with Crippen molar-refractivity contribution < 1.29 is 38.4 Å². The molecule has 30 nitrogen and oxygen atoms in total. The molecule has 0 aliphatic carbocycles. The molecule has 15 amide bonds. The van der Waals surface area contributed by atoms with Gasteiger partial charge in [-0.3, -0.25) is 4.79 Å². The summed E-state index contributed by atoms with van der Waals surface area (Å²) in [5, 5.41) is 50.2. The van der Waals surface area contributed by atoms with Crippen molar-refractivity contribution >= 4 is 87.3 Å². The Hall–Kier alpha value is -8.55. The number of aromatic nitrogens is 2. The van der Waals surface area contributed by atoms with Gasteiger partial charge < -0.3 is 118 Å². The van der Waals surface area contributed by atoms with E-state index in [1.165, 1.54) is 0 Å². The standard InChI is InChI=1S/C68H118N22O8S/c1-8-19-48(27-28-60(72)91)88-68(99)81-38-51(22-15-18-31-71)85-61(92)77-39-52(32-46-34-73-56-25-11-9-23-54(46)56)86-62(93)75-36-49(20-13-16-29-69)83-64(95)79-41-58(43(2)3)89-66(97)78-40-53(33-47-35-74-57-26-12-10-24-55(47)57)87-63(94)76-37-50(21-14-17-30-70)84-65(96)80-42-59(44(4)5)90-67(98)82-45(6)7/h9-12,23-26,34-35,43-45,48-53,58-59,73-74H,8,13-22,27-33,36-42,69-71H2,1-7H3,(H2,72,91)(H2,75,86,93)(H2,76,87,94)(H2,77,85,92)(H2,78,89,97)(H2,79,83,95)(H2,80,84,96)(H2,81,88,99)(H2,82,90,98)/t48-,49+,50+,51+,52+,53+,58+,59+/m1/s1. The van der Waals surface area contributed by atoms with E-state index >= 15 is 0 Å². The van der Waals surface area contributed by atoms with Crippen LogP contribution in [-0.2, 0) is 17.6 Å². The molecule has 0 aliphatic heterocycles. The topological polar surface area (TPSA) is 465 Å². The fraction of sp³-hybridized carbons (Fsp3) is 0.632. The van der Waals surface area contributed by atoms with E-state index in [1.807, 2.05) is 102 Å². The molecule has 31 heteroatoms. The quantitative estimate of drug-likeness (QED) is 0.0219. The first-order chi connectivity index (χ1) is 47.5. The third-order valence-electron chi connectivity index (χ3n) is 16.9. The molecule has 0 radical (unpaired) electrons. The SMILES string of the molecule is CCC[C@H](CCC(N)=O)NC(=S)NC[C@H](CCCCN)NC(=O)NC[C@H](Cc1c[nH]c2ccccc12)NC(=O)NC[C@H](CCCCN)NC(=O)NC[C@H](NC(=O)NC[C@H](Cc1c[nH]c2ccccc12)NC(=O)NC[C@H](CCCCN)NC(=O)NC[C@H](NC(=O)NC(C)C)C(C)C)C(C)C. The van der Waals surface area contributed by atoms with Gasteiger partial charge in [-0.2, -0.15) is 0 Å². The van der Waals surface area contributed by atoms with Crippen LogP contribution in [0.5, 0.6) is 0 Å². The Morgan fingerprint density at radius 3 is 1.13 bits per heavy atom. The number of hydrogen-bond acceptors (Lipinski definition) is 12. The second kappa shape index (κ2) is 46.7. The van der Waals surface area contributed by atoms with Crippen LogP contribution in [0.2, 0.25) is 0 Å². The van der Waals surface area contributed by atoms with Crippen LogP contribution in [0.1, 0.15) is 143 Å². The predicted octanol–water partition coefficient (Wildman–Crippen LogP) is 4.11. The van der Waals surface area contributed by atoms with E-state index in [0.717, 1.165) is 58.6 Å². The molecule has 26 N–H and O–H groups in total. The summed E-state index contributed by atoms with van der Waals surface area (Å²) >= 11 is 5.61. The van der Waals surface area contributed by atoms with Crippen molar-refractivity contribution in [2.45, 2.75) is 199 Å². The lowest BCUT2D eigenvalue weighted by Gasteiger charge is -2.26. The number of H-pyrrole nitrogens is 2. The maximum Gasteiger partial charge on any atom is 0.315 e. The summed E-state index contributed by atoms with van der Waals surface area (Å²) in [6.45, 7) is 15.7. The number of rotatable bonds is 46. The largest absolute Gasteiger partial charge is 0.370 e. The molecular formula is C68H118N22O8S. The normalized spacial score (nSPS) is 13.7. The Kier molecular flexibility index (Phi) is 39.1. The summed E-state index contributed by atoms with van der Waals surface area (Å²) in [7, 11) is 0. The Bertz CT molecular complexity index is 3070. The van der Waals surface area contributed by atoms with E-state index in [-0.39, 0.29) is 93.6 Å². The molecule has 0 unspecified atom stereocenters. The molecule has 2 aromatic carbocycles. The number of primary amides is 1. The van der Waals surface area contributed by atoms with Crippen LogP contribution in [0, 0.1) is 11.8 Å². The minimum atomic E-state index is -0.609. The molecular weight excluding hydrogens is 1280 g/mol. The molecule has 4 aromatic rings. The van der Waals surface area contributed by atoms with Crippen LogP contribution in [0.15, 0.2) is 60.9 Å². The van der Waals surface area contributed by atoms with Crippen LogP contribution >= 0.6 is 12.2 Å². The molecule has 8 atom stereocenters. The van der Waals surface area contributed by atoms with E-state index in [0.29, 0.717) is 95.5 Å². The van der Waals surface area contributed by atoms with Gasteiger partial charge >= 0.3 is 42.2 Å². The van der Waals surface area contributed by atoms with Gasteiger partial charge in [-0.1, -0.05) is 96.7 Å². The first kappa shape index (κ1) is 82.9. The van der Waals surface area contributed by atoms with Crippen molar-refractivity contribution in [2.75, 3.05) is 65.4 Å². The second-order valence-electron chi connectivity index (χ2n) is 26.4. The predicted molar refractivity (Wildman–Crippen MR) is 396 cm³/mol. The second-order valence-corrected chi connectivity index (χ2v) is 26.8. The molecule has 4 rings (SSSR count). The number of para-hydroxylation sites is 2. The zero-order chi connectivity index (χ0) is 72.5. The number of amides is 15. The summed E-state index contributed by atoms with van der Waals surface area (Å²) in [6.07, 6.45) is 12.8. The summed E-state index contributed by atoms with van der Waals surface area (Å²) < 4.78 is 0. The number of benzene rings is 2. The number of thiocarbonyl (C=S) groups is 1. The zero-order valence-electron chi connectivity index (χ0n) is 59.3. The summed E-state index contributed by atoms with van der Waals surface area (Å²) in [4.78, 5) is 113. The third kappa shape index (κ3) is 34.2. The highest BCUT2D eigenvalue weighted by Crippen LogP contribution is 2.21. The number of nitrogens with two attached hydrogens (primary N) is 4. The molecule has 99 heavy (non-hydrogen) atoms. The Morgan fingerprint density at radius 2 is 0.758 bits per heavy atom. The van der Waals surface area contributed by atoms with Gasteiger partial charge in [-0.05, 0) is 145 Å². The number of nitrogens with one attached hydrogen (secondary N) is 18. The van der Waals surface area contributed by atoms with Crippen molar-refractivity contribution in [1.29, 1.82) is 0 Å². The molecule has 2 heterocycles. The van der Waals surface area contributed by atoms with Gasteiger partial charge in [0.25, 0.3) is 0 Å². The number of urea groups is 7. The number of carbonyl (C=O) groups excluding carboxylic acids is 8. The van der Waals surface area contributed by atoms with E-state index < -0.39 is 66.4 Å². The number of hydrogen-bond donors (Lipinski definition) is 22. The summed E-state index contributed by atoms with van der Waals surface area (Å²) in [5.41, 5.74) is 26.6. The van der Waals surface area contributed by atoms with Crippen LogP contribution < -0.4 is 108 Å². The monoisotopic (exact) mass is 1400 g/mol. The van der Waals surface area contributed by atoms with Crippen LogP contribution in [0.4, 0.5) is 33.6 Å². The van der Waals surface area contributed by atoms with E-state index in [4.69, 9.17) is 35.2 Å². The average Bonchev–Trinajstić information content (AvgIpc) is 1.71. The minimum Gasteiger partial charge on any atom is -0.370 e. The molecule has 0 saturated carbocycles. The summed E-state index contributed by atoms with van der Waals surface area (Å²) in [5.74, 6) is -0.493. The van der Waals surface area contributed by atoms with Gasteiger partial charge in [-0.15, -0.1) is 0 Å². The van der Waals surface area contributed by atoms with E-state index in [1.54, 1.807) is 0 Å². The van der Waals surface area contributed by atoms with Gasteiger partial charge in [0.1, 0.15) is 0 Å². The molecule has 0 bridgehead atoms. The lowest BCUT2D eigenvalue weighted by molar-refractivity contribution is -0.118. The molecule has 2 aromatic heterocycles. The fourth-order valence-electron chi connectivity index (χ4n) is 11.2. The number of fused-ring (bicyclic) bond motifs is 2. The minimum absolute atomic E-state index is 0.0191. The fourth-order valence-corrected chi connectivity index (χ4v) is 11.5. The molecule has 554 valence electrons. The van der Waals surface area contributed by atoms with Gasteiger partial charge in [0.05, 0.1) is 24.2 Å². The van der Waals surface area contributed by atoms with Gasteiger partial charge in [-0.25, -0.2) is 33.6 Å². The summed E-state index contributed by atoms with van der Waals surface area (Å²) in [6, 6.07) is 8.80. The van der Waals surface area contributed by atoms with Crippen molar-refractivity contribution in [3.05, 3.63) is 72.1 Å². The van der Waals surface area contributed by atoms with Crippen molar-refractivity contribution in [2.24, 2.45) is 34.8 Å². The van der Waals surface area contributed by atoms with E-state index in [9.17, 15) is 38.4 Å². The maximum absolute atomic E-state index is 13.9. The lowest BCUT2D eigenvalue weighted by atomic mass is 10.0. The number of carbonyl (C=O) groups is 8. The average molecular weight is 1400 g/mol. The van der Waals surface area contributed by atoms with Gasteiger partial charge in [0.2, 0.25) is 5.91 Å². The van der Waals surface area contributed by atoms with Crippen LogP contribution in [-0.4, -0.2) is 183 Å². The first-order valence-electron chi connectivity index (χ1n) is 35.3. The number of aromatic amines is 2. The molecule has 0 saturated heterocycles. The smallest absolute Gasteiger partial charge is 0.315 e. The van der Waals surface area contributed by atoms with E-state index in [2.05, 4.69) is 102 Å². The lowest BCUT2D eigenvalue weighted by Crippen LogP contribution is -2.56. The molecule has 0 aliphatic rings. The highest BCUT2D eigenvalue weighted by atomic mass is 32.1. The molecule has 0 spiro atoms. The van der Waals surface area contributed by atoms with Crippen LogP contribution in [0.3, 0.4) is 0 Å². The van der Waals surface area contributed by atoms with Crippen molar-refractivity contribution in [1.82, 2.24) is 95.0 Å². The maximum atomic E-state index is 13.9. The van der Waals surface area contributed by atoms with Crippen molar-refractivity contribution in [3.8, 4) is 0 Å². The highest BCUT2D eigenvalue weighted by molar-refractivity contribution is 7.80.